The number of benzene rings is 2. The molecule has 3 rings (SSSR count). The van der Waals surface area contributed by atoms with Crippen molar-refractivity contribution in [3.63, 3.8) is 0 Å². The number of carbonyl (C=O) groups is 2. The highest BCUT2D eigenvalue weighted by atomic mass is 32.1. The van der Waals surface area contributed by atoms with Gasteiger partial charge in [0.25, 0.3) is 0 Å². The Morgan fingerprint density at radius 3 is 2.39 bits per heavy atom. The number of amides is 1. The van der Waals surface area contributed by atoms with E-state index < -0.39 is 5.97 Å². The Hall–Kier alpha value is -3.32. The molecule has 1 aromatic heterocycles. The molecule has 174 valence electrons. The molecule has 33 heavy (non-hydrogen) atoms. The van der Waals surface area contributed by atoms with Crippen molar-refractivity contribution in [2.75, 3.05) is 25.6 Å². The van der Waals surface area contributed by atoms with Crippen LogP contribution in [0.25, 0.3) is 11.1 Å². The molecule has 0 radical (unpaired) electrons. The molecule has 0 saturated carbocycles. The van der Waals surface area contributed by atoms with Gasteiger partial charge in [0.15, 0.2) is 0 Å². The van der Waals surface area contributed by atoms with Gasteiger partial charge in [0.1, 0.15) is 22.1 Å². The molecular weight excluding hydrogens is 438 g/mol. The van der Waals surface area contributed by atoms with Gasteiger partial charge in [-0.2, -0.15) is 0 Å². The first-order chi connectivity index (χ1) is 15.9. The van der Waals surface area contributed by atoms with Crippen LogP contribution in [0, 0.1) is 13.8 Å². The van der Waals surface area contributed by atoms with Crippen LogP contribution >= 0.6 is 11.3 Å². The van der Waals surface area contributed by atoms with Crippen molar-refractivity contribution in [3.05, 3.63) is 64.5 Å². The van der Waals surface area contributed by atoms with Crippen LogP contribution in [0.3, 0.4) is 0 Å². The standard InChI is InChI=1S/C26H29NO5S/c1-5-31-20-14-12-19(13-15-20)23-18(3)33-25(24(23)26(29)30-4)27-22(28)11-8-16-32-21-10-7-6-9-17(21)2/h6-7,9-10,12-15H,5,8,11,16H2,1-4H3,(H,27,28). The minimum absolute atomic E-state index is 0.173. The Morgan fingerprint density at radius 2 is 1.73 bits per heavy atom. The number of hydrogen-bond acceptors (Lipinski definition) is 6. The molecule has 0 fully saturated rings. The summed E-state index contributed by atoms with van der Waals surface area (Å²) >= 11 is 1.37. The number of methoxy groups -OCH3 is 1. The zero-order chi connectivity index (χ0) is 23.8. The average molecular weight is 468 g/mol. The van der Waals surface area contributed by atoms with Crippen molar-refractivity contribution in [3.8, 4) is 22.6 Å². The van der Waals surface area contributed by atoms with Crippen molar-refractivity contribution < 1.29 is 23.8 Å². The highest BCUT2D eigenvalue weighted by Gasteiger charge is 2.25. The molecule has 2 aromatic carbocycles. The van der Waals surface area contributed by atoms with E-state index in [1.54, 1.807) is 0 Å². The van der Waals surface area contributed by atoms with E-state index in [1.165, 1.54) is 18.4 Å². The summed E-state index contributed by atoms with van der Waals surface area (Å²) in [6.07, 6.45) is 0.839. The van der Waals surface area contributed by atoms with Gasteiger partial charge in [0, 0.05) is 16.9 Å². The Balaban J connectivity index is 1.70. The number of hydrogen-bond donors (Lipinski definition) is 1. The lowest BCUT2D eigenvalue weighted by molar-refractivity contribution is -0.116. The van der Waals surface area contributed by atoms with Crippen molar-refractivity contribution in [1.29, 1.82) is 0 Å². The number of carbonyl (C=O) groups excluding carboxylic acids is 2. The van der Waals surface area contributed by atoms with E-state index in [0.717, 1.165) is 33.1 Å². The molecule has 7 heteroatoms. The summed E-state index contributed by atoms with van der Waals surface area (Å²) in [6.45, 7) is 6.85. The summed E-state index contributed by atoms with van der Waals surface area (Å²) in [5.74, 6) is 0.921. The summed E-state index contributed by atoms with van der Waals surface area (Å²) in [7, 11) is 1.34. The number of anilines is 1. The molecule has 1 amide bonds. The quantitative estimate of drug-likeness (QED) is 0.292. The van der Waals surface area contributed by atoms with E-state index in [4.69, 9.17) is 14.2 Å². The van der Waals surface area contributed by atoms with Gasteiger partial charge in [0.05, 0.1) is 20.3 Å². The third-order valence-electron chi connectivity index (χ3n) is 5.08. The van der Waals surface area contributed by atoms with E-state index >= 15 is 0 Å². The second-order valence-corrected chi connectivity index (χ2v) is 8.68. The number of esters is 1. The lowest BCUT2D eigenvalue weighted by Gasteiger charge is -2.10. The van der Waals surface area contributed by atoms with Crippen LogP contribution in [-0.4, -0.2) is 32.2 Å². The minimum Gasteiger partial charge on any atom is -0.494 e. The van der Waals surface area contributed by atoms with Gasteiger partial charge in [-0.3, -0.25) is 4.79 Å². The summed E-state index contributed by atoms with van der Waals surface area (Å²) in [5, 5.41) is 3.39. The highest BCUT2D eigenvalue weighted by molar-refractivity contribution is 7.17. The zero-order valence-electron chi connectivity index (χ0n) is 19.4. The fourth-order valence-electron chi connectivity index (χ4n) is 3.48. The first kappa shape index (κ1) is 24.3. The predicted octanol–water partition coefficient (Wildman–Crippen LogP) is 6.01. The molecule has 0 aliphatic rings. The van der Waals surface area contributed by atoms with Crippen LogP contribution in [0.4, 0.5) is 5.00 Å². The maximum atomic E-state index is 12.6. The molecule has 0 aliphatic heterocycles. The lowest BCUT2D eigenvalue weighted by atomic mass is 10.0. The molecular formula is C26H29NO5S. The van der Waals surface area contributed by atoms with Crippen LogP contribution in [0.2, 0.25) is 0 Å². The Labute approximate surface area is 198 Å². The average Bonchev–Trinajstić information content (AvgIpc) is 3.13. The van der Waals surface area contributed by atoms with Gasteiger partial charge in [0.2, 0.25) is 5.91 Å². The molecule has 1 heterocycles. The summed E-state index contributed by atoms with van der Waals surface area (Å²) in [4.78, 5) is 26.1. The third kappa shape index (κ3) is 6.14. The van der Waals surface area contributed by atoms with Gasteiger partial charge in [-0.1, -0.05) is 30.3 Å². The fourth-order valence-corrected chi connectivity index (χ4v) is 4.56. The maximum absolute atomic E-state index is 12.6. The lowest BCUT2D eigenvalue weighted by Crippen LogP contribution is -2.15. The second-order valence-electron chi connectivity index (χ2n) is 7.45. The number of nitrogens with one attached hydrogen (secondary N) is 1. The van der Waals surface area contributed by atoms with Gasteiger partial charge in [-0.05, 0) is 56.5 Å². The zero-order valence-corrected chi connectivity index (χ0v) is 20.2. The number of thiophene rings is 1. The van der Waals surface area contributed by atoms with Crippen LogP contribution in [0.15, 0.2) is 48.5 Å². The molecule has 0 saturated heterocycles. The van der Waals surface area contributed by atoms with Gasteiger partial charge < -0.3 is 19.5 Å². The summed E-state index contributed by atoms with van der Waals surface area (Å²) in [6, 6.07) is 15.3. The molecule has 0 spiro atoms. The molecule has 3 aromatic rings. The topological polar surface area (TPSA) is 73.9 Å². The van der Waals surface area contributed by atoms with E-state index in [1.807, 2.05) is 69.3 Å². The number of aryl methyl sites for hydroxylation is 2. The smallest absolute Gasteiger partial charge is 0.341 e. The first-order valence-electron chi connectivity index (χ1n) is 10.9. The fraction of sp³-hybridized carbons (Fsp3) is 0.308. The van der Waals surface area contributed by atoms with E-state index in [-0.39, 0.29) is 12.3 Å². The molecule has 0 unspecified atom stereocenters. The number of para-hydroxylation sites is 1. The third-order valence-corrected chi connectivity index (χ3v) is 6.10. The largest absolute Gasteiger partial charge is 0.494 e. The van der Waals surface area contributed by atoms with Crippen molar-refractivity contribution >= 4 is 28.2 Å². The number of rotatable bonds is 10. The highest BCUT2D eigenvalue weighted by Crippen LogP contribution is 2.40. The van der Waals surface area contributed by atoms with Crippen molar-refractivity contribution in [2.45, 2.75) is 33.6 Å². The van der Waals surface area contributed by atoms with Crippen molar-refractivity contribution in [2.24, 2.45) is 0 Å². The first-order valence-corrected chi connectivity index (χ1v) is 11.7. The minimum atomic E-state index is -0.485. The monoisotopic (exact) mass is 467 g/mol. The second kappa shape index (κ2) is 11.5. The van der Waals surface area contributed by atoms with Crippen LogP contribution in [-0.2, 0) is 9.53 Å². The van der Waals surface area contributed by atoms with Crippen LogP contribution < -0.4 is 14.8 Å². The molecule has 6 nitrogen and oxygen atoms in total. The van der Waals surface area contributed by atoms with Crippen molar-refractivity contribution in [1.82, 2.24) is 0 Å². The summed E-state index contributed by atoms with van der Waals surface area (Å²) in [5.41, 5.74) is 3.04. The predicted molar refractivity (Wildman–Crippen MR) is 132 cm³/mol. The Bertz CT molecular complexity index is 1100. The Morgan fingerprint density at radius 1 is 1.00 bits per heavy atom. The molecule has 0 aliphatic carbocycles. The SMILES string of the molecule is CCOc1ccc(-c2c(C)sc(NC(=O)CCCOc3ccccc3C)c2C(=O)OC)cc1. The van der Waals surface area contributed by atoms with E-state index in [9.17, 15) is 9.59 Å². The maximum Gasteiger partial charge on any atom is 0.341 e. The van der Waals surface area contributed by atoms with Crippen LogP contribution in [0.1, 0.15) is 40.6 Å². The number of ether oxygens (including phenoxy) is 3. The van der Waals surface area contributed by atoms with E-state index in [2.05, 4.69) is 5.32 Å². The molecule has 0 atom stereocenters. The normalized spacial score (nSPS) is 10.5. The van der Waals surface area contributed by atoms with Crippen LogP contribution in [0.5, 0.6) is 11.5 Å². The van der Waals surface area contributed by atoms with Gasteiger partial charge >= 0.3 is 5.97 Å². The van der Waals surface area contributed by atoms with E-state index in [0.29, 0.717) is 30.2 Å². The molecule has 0 bridgehead atoms. The van der Waals surface area contributed by atoms with Gasteiger partial charge in [-0.25, -0.2) is 4.79 Å². The Kier molecular flexibility index (Phi) is 8.49. The molecule has 1 N–H and O–H groups in total. The van der Waals surface area contributed by atoms with Gasteiger partial charge in [-0.15, -0.1) is 11.3 Å². The summed E-state index contributed by atoms with van der Waals surface area (Å²) < 4.78 is 16.3.